The lowest BCUT2D eigenvalue weighted by Gasteiger charge is -2.30. The Kier molecular flexibility index (Phi) is 3.47. The van der Waals surface area contributed by atoms with E-state index in [1.54, 1.807) is 29.2 Å². The zero-order valence-electron chi connectivity index (χ0n) is 10.9. The number of piperidine rings is 1. The molecule has 2 aromatic rings. The second-order valence-corrected chi connectivity index (χ2v) is 4.88. The third-order valence-electron chi connectivity index (χ3n) is 3.44. The minimum absolute atomic E-state index is 0.0524. The molecule has 1 aliphatic rings. The van der Waals surface area contributed by atoms with Crippen LogP contribution in [0.2, 0.25) is 0 Å². The maximum Gasteiger partial charge on any atom is 0.253 e. The molecule has 1 unspecified atom stereocenters. The molecule has 1 atom stereocenters. The molecule has 2 heterocycles. The minimum atomic E-state index is -0.411. The molecule has 1 saturated heterocycles. The van der Waals surface area contributed by atoms with Crippen LogP contribution in [0, 0.1) is 0 Å². The summed E-state index contributed by atoms with van der Waals surface area (Å²) >= 11 is 0. The number of rotatable bonds is 2. The molecule has 0 bridgehead atoms. The lowest BCUT2D eigenvalue weighted by atomic mass is 10.1. The molecule has 6 heteroatoms. The quantitative estimate of drug-likeness (QED) is 0.893. The summed E-state index contributed by atoms with van der Waals surface area (Å²) in [6.45, 7) is 1.11. The lowest BCUT2D eigenvalue weighted by Crippen LogP contribution is -2.42. The van der Waals surface area contributed by atoms with Crippen molar-refractivity contribution in [2.45, 2.75) is 18.9 Å². The number of β-amino-alcohol motifs (C(OH)–C–C–N with tert-alkyl or cyclic N) is 1. The largest absolute Gasteiger partial charge is 0.391 e. The Morgan fingerprint density at radius 2 is 2.15 bits per heavy atom. The summed E-state index contributed by atoms with van der Waals surface area (Å²) in [5, 5.41) is 13.4. The second kappa shape index (κ2) is 5.42. The molecule has 1 aromatic carbocycles. The number of hydrogen-bond donors (Lipinski definition) is 1. The standard InChI is InChI=1S/C14H15N3O3/c18-12-2-1-7-17(8-12)14(19)11-5-3-10(4-6-11)13-15-9-20-16-13/h3-6,9,12,18H,1-2,7-8H2. The zero-order valence-corrected chi connectivity index (χ0v) is 10.9. The van der Waals surface area contributed by atoms with Crippen LogP contribution in [0.3, 0.4) is 0 Å². The number of hydrogen-bond acceptors (Lipinski definition) is 5. The highest BCUT2D eigenvalue weighted by Gasteiger charge is 2.23. The Bertz CT molecular complexity index is 580. The average molecular weight is 273 g/mol. The van der Waals surface area contributed by atoms with Gasteiger partial charge in [0.2, 0.25) is 12.2 Å². The molecule has 6 nitrogen and oxygen atoms in total. The van der Waals surface area contributed by atoms with Crippen molar-refractivity contribution in [3.63, 3.8) is 0 Å². The predicted octanol–water partition coefficient (Wildman–Crippen LogP) is 1.33. The molecule has 1 N–H and O–H groups in total. The van der Waals surface area contributed by atoms with Crippen LogP contribution in [0.1, 0.15) is 23.2 Å². The zero-order chi connectivity index (χ0) is 13.9. The Balaban J connectivity index is 1.75. The third kappa shape index (κ3) is 2.55. The Morgan fingerprint density at radius 1 is 1.35 bits per heavy atom. The number of carbonyl (C=O) groups excluding carboxylic acids is 1. The molecule has 1 fully saturated rings. The molecule has 0 saturated carbocycles. The molecule has 104 valence electrons. The fraction of sp³-hybridized carbons (Fsp3) is 0.357. The smallest absolute Gasteiger partial charge is 0.253 e. The summed E-state index contributed by atoms with van der Waals surface area (Å²) in [6, 6.07) is 7.07. The monoisotopic (exact) mass is 273 g/mol. The minimum Gasteiger partial charge on any atom is -0.391 e. The Hall–Kier alpha value is -2.21. The van der Waals surface area contributed by atoms with Gasteiger partial charge in [-0.2, -0.15) is 4.98 Å². The van der Waals surface area contributed by atoms with Crippen molar-refractivity contribution in [3.8, 4) is 11.4 Å². The van der Waals surface area contributed by atoms with E-state index in [0.717, 1.165) is 18.4 Å². The van der Waals surface area contributed by atoms with Crippen molar-refractivity contribution in [2.24, 2.45) is 0 Å². The molecular weight excluding hydrogens is 258 g/mol. The van der Waals surface area contributed by atoms with E-state index in [0.29, 0.717) is 24.5 Å². The first-order chi connectivity index (χ1) is 9.74. The fourth-order valence-corrected chi connectivity index (χ4v) is 2.38. The van der Waals surface area contributed by atoms with Gasteiger partial charge in [0, 0.05) is 24.2 Å². The van der Waals surface area contributed by atoms with E-state index in [-0.39, 0.29) is 5.91 Å². The van der Waals surface area contributed by atoms with Crippen LogP contribution >= 0.6 is 0 Å². The van der Waals surface area contributed by atoms with Gasteiger partial charge in [-0.1, -0.05) is 17.3 Å². The van der Waals surface area contributed by atoms with E-state index in [1.807, 2.05) is 0 Å². The topological polar surface area (TPSA) is 79.5 Å². The van der Waals surface area contributed by atoms with Gasteiger partial charge >= 0.3 is 0 Å². The van der Waals surface area contributed by atoms with E-state index in [9.17, 15) is 9.90 Å². The van der Waals surface area contributed by atoms with Gasteiger partial charge in [0.05, 0.1) is 6.10 Å². The molecule has 0 spiro atoms. The van der Waals surface area contributed by atoms with E-state index in [4.69, 9.17) is 0 Å². The van der Waals surface area contributed by atoms with Crippen LogP contribution in [-0.2, 0) is 0 Å². The molecule has 0 radical (unpaired) electrons. The Morgan fingerprint density at radius 3 is 2.80 bits per heavy atom. The molecule has 3 rings (SSSR count). The molecular formula is C14H15N3O3. The van der Waals surface area contributed by atoms with Gasteiger partial charge < -0.3 is 14.5 Å². The number of benzene rings is 1. The molecule has 20 heavy (non-hydrogen) atoms. The average Bonchev–Trinajstić information content (AvgIpc) is 3.01. The highest BCUT2D eigenvalue weighted by molar-refractivity contribution is 5.94. The van der Waals surface area contributed by atoms with Crippen LogP contribution in [0.25, 0.3) is 11.4 Å². The van der Waals surface area contributed by atoms with Gasteiger partial charge in [0.1, 0.15) is 0 Å². The molecule has 1 amide bonds. The van der Waals surface area contributed by atoms with Crippen LogP contribution in [-0.4, -0.2) is 45.2 Å². The van der Waals surface area contributed by atoms with Gasteiger partial charge in [-0.3, -0.25) is 4.79 Å². The van der Waals surface area contributed by atoms with Crippen LogP contribution in [0.4, 0.5) is 0 Å². The number of carbonyl (C=O) groups is 1. The van der Waals surface area contributed by atoms with Crippen LogP contribution < -0.4 is 0 Å². The van der Waals surface area contributed by atoms with E-state index in [2.05, 4.69) is 14.7 Å². The van der Waals surface area contributed by atoms with Crippen LogP contribution in [0.5, 0.6) is 0 Å². The lowest BCUT2D eigenvalue weighted by molar-refractivity contribution is 0.0474. The first-order valence-electron chi connectivity index (χ1n) is 6.58. The number of amides is 1. The van der Waals surface area contributed by atoms with Gasteiger partial charge in [-0.05, 0) is 25.0 Å². The maximum atomic E-state index is 12.3. The number of aliphatic hydroxyl groups is 1. The van der Waals surface area contributed by atoms with Crippen molar-refractivity contribution < 1.29 is 14.4 Å². The highest BCUT2D eigenvalue weighted by Crippen LogP contribution is 2.18. The summed E-state index contributed by atoms with van der Waals surface area (Å²) in [5.41, 5.74) is 1.40. The SMILES string of the molecule is O=C(c1ccc(-c2ncon2)cc1)N1CCCC(O)C1. The molecule has 1 aromatic heterocycles. The van der Waals surface area contributed by atoms with Gasteiger partial charge in [0.25, 0.3) is 5.91 Å². The molecule has 1 aliphatic heterocycles. The van der Waals surface area contributed by atoms with Crippen LogP contribution in [0.15, 0.2) is 35.2 Å². The van der Waals surface area contributed by atoms with Crippen molar-refractivity contribution in [3.05, 3.63) is 36.2 Å². The number of aromatic nitrogens is 2. The predicted molar refractivity (Wildman–Crippen MR) is 70.9 cm³/mol. The summed E-state index contributed by atoms with van der Waals surface area (Å²) in [7, 11) is 0. The highest BCUT2D eigenvalue weighted by atomic mass is 16.5. The first-order valence-corrected chi connectivity index (χ1v) is 6.58. The van der Waals surface area contributed by atoms with Crippen molar-refractivity contribution >= 4 is 5.91 Å². The van der Waals surface area contributed by atoms with Crippen molar-refractivity contribution in [2.75, 3.05) is 13.1 Å². The summed E-state index contributed by atoms with van der Waals surface area (Å²) in [6.07, 6.45) is 2.46. The van der Waals surface area contributed by atoms with Crippen molar-refractivity contribution in [1.29, 1.82) is 0 Å². The third-order valence-corrected chi connectivity index (χ3v) is 3.44. The normalized spacial score (nSPS) is 19.1. The van der Waals surface area contributed by atoms with Gasteiger partial charge in [0.15, 0.2) is 0 Å². The maximum absolute atomic E-state index is 12.3. The van der Waals surface area contributed by atoms with Gasteiger partial charge in [-0.25, -0.2) is 0 Å². The first kappa shape index (κ1) is 12.8. The van der Waals surface area contributed by atoms with E-state index in [1.165, 1.54) is 6.39 Å². The molecule has 0 aliphatic carbocycles. The number of nitrogens with zero attached hydrogens (tertiary/aromatic N) is 3. The fourth-order valence-electron chi connectivity index (χ4n) is 2.38. The summed E-state index contributed by atoms with van der Waals surface area (Å²) in [4.78, 5) is 18.0. The summed E-state index contributed by atoms with van der Waals surface area (Å²) < 4.78 is 4.69. The van der Waals surface area contributed by atoms with Gasteiger partial charge in [-0.15, -0.1) is 0 Å². The van der Waals surface area contributed by atoms with E-state index < -0.39 is 6.10 Å². The van der Waals surface area contributed by atoms with E-state index >= 15 is 0 Å². The number of likely N-dealkylation sites (tertiary alicyclic amines) is 1. The summed E-state index contributed by atoms with van der Waals surface area (Å²) in [5.74, 6) is 0.445. The Labute approximate surface area is 116 Å². The second-order valence-electron chi connectivity index (χ2n) is 4.88. The van der Waals surface area contributed by atoms with Crippen molar-refractivity contribution in [1.82, 2.24) is 15.0 Å². The number of aliphatic hydroxyl groups excluding tert-OH is 1.